The Morgan fingerprint density at radius 3 is 2.67 bits per heavy atom. The smallest absolute Gasteiger partial charge is 0.338 e. The third-order valence-corrected chi connectivity index (χ3v) is 4.74. The molecule has 0 spiro atoms. The maximum absolute atomic E-state index is 12.4. The van der Waals surface area contributed by atoms with Gasteiger partial charge in [-0.05, 0) is 49.4 Å². The van der Waals surface area contributed by atoms with E-state index in [1.807, 2.05) is 47.9 Å². The first-order valence-electron chi connectivity index (χ1n) is 9.15. The van der Waals surface area contributed by atoms with E-state index in [4.69, 9.17) is 16.3 Å². The molecule has 0 bridgehead atoms. The van der Waals surface area contributed by atoms with Gasteiger partial charge in [-0.25, -0.2) is 14.8 Å². The number of esters is 1. The average molecular weight is 421 g/mol. The van der Waals surface area contributed by atoms with Crippen LogP contribution in [0.25, 0.3) is 16.7 Å². The SMILES string of the molecule is Cc1nc2cc(C(=O)OCC(=O)Nc3cccnc3Cl)ccc2n1-c1ccccc1. The average Bonchev–Trinajstić information content (AvgIpc) is 3.09. The molecule has 2 heterocycles. The van der Waals surface area contributed by atoms with Gasteiger partial charge in [0.05, 0.1) is 22.3 Å². The minimum atomic E-state index is -0.615. The summed E-state index contributed by atoms with van der Waals surface area (Å²) in [6, 6.07) is 18.2. The Balaban J connectivity index is 1.48. The molecular formula is C22H17ClN4O3. The van der Waals surface area contributed by atoms with Crippen LogP contribution < -0.4 is 5.32 Å². The molecule has 8 heteroatoms. The Labute approximate surface area is 177 Å². The second-order valence-corrected chi connectivity index (χ2v) is 6.86. The van der Waals surface area contributed by atoms with E-state index in [1.165, 1.54) is 6.20 Å². The zero-order valence-corrected chi connectivity index (χ0v) is 16.8. The maximum Gasteiger partial charge on any atom is 0.338 e. The highest BCUT2D eigenvalue weighted by Gasteiger charge is 2.15. The molecule has 2 aromatic heterocycles. The molecule has 0 saturated carbocycles. The Hall–Kier alpha value is -3.71. The molecule has 150 valence electrons. The van der Waals surface area contributed by atoms with Gasteiger partial charge in [0.25, 0.3) is 5.91 Å². The van der Waals surface area contributed by atoms with Gasteiger partial charge in [-0.15, -0.1) is 0 Å². The zero-order chi connectivity index (χ0) is 21.1. The number of carbonyl (C=O) groups is 2. The van der Waals surface area contributed by atoms with Crippen molar-refractivity contribution in [1.29, 1.82) is 0 Å². The minimum Gasteiger partial charge on any atom is -0.452 e. The lowest BCUT2D eigenvalue weighted by Gasteiger charge is -2.08. The van der Waals surface area contributed by atoms with Gasteiger partial charge >= 0.3 is 5.97 Å². The van der Waals surface area contributed by atoms with E-state index in [0.717, 1.165) is 17.0 Å². The minimum absolute atomic E-state index is 0.159. The maximum atomic E-state index is 12.4. The number of imidazole rings is 1. The molecule has 1 N–H and O–H groups in total. The predicted molar refractivity (Wildman–Crippen MR) is 114 cm³/mol. The van der Waals surface area contributed by atoms with Crippen LogP contribution in [0.5, 0.6) is 0 Å². The van der Waals surface area contributed by atoms with Gasteiger partial charge in [0.2, 0.25) is 0 Å². The number of fused-ring (bicyclic) bond motifs is 1. The highest BCUT2D eigenvalue weighted by Crippen LogP contribution is 2.22. The third-order valence-electron chi connectivity index (χ3n) is 4.44. The van der Waals surface area contributed by atoms with Crippen LogP contribution >= 0.6 is 11.6 Å². The van der Waals surface area contributed by atoms with Gasteiger partial charge in [0.1, 0.15) is 5.82 Å². The number of aryl methyl sites for hydroxylation is 1. The molecule has 0 radical (unpaired) electrons. The number of hydrogen-bond donors (Lipinski definition) is 1. The van der Waals surface area contributed by atoms with Crippen LogP contribution in [-0.4, -0.2) is 33.0 Å². The van der Waals surface area contributed by atoms with Crippen LogP contribution in [-0.2, 0) is 9.53 Å². The van der Waals surface area contributed by atoms with Crippen LogP contribution in [0, 0.1) is 6.92 Å². The molecule has 0 fully saturated rings. The summed E-state index contributed by atoms with van der Waals surface area (Å²) in [6.45, 7) is 1.46. The van der Waals surface area contributed by atoms with Crippen molar-refractivity contribution in [2.75, 3.05) is 11.9 Å². The molecule has 0 aliphatic heterocycles. The normalized spacial score (nSPS) is 10.7. The number of ether oxygens (including phenoxy) is 1. The van der Waals surface area contributed by atoms with Gasteiger partial charge in [0.15, 0.2) is 11.8 Å². The van der Waals surface area contributed by atoms with E-state index >= 15 is 0 Å². The number of nitrogens with zero attached hydrogens (tertiary/aromatic N) is 3. The first kappa shape index (κ1) is 19.6. The largest absolute Gasteiger partial charge is 0.452 e. The van der Waals surface area contributed by atoms with Crippen LogP contribution in [0.4, 0.5) is 5.69 Å². The van der Waals surface area contributed by atoms with E-state index in [0.29, 0.717) is 16.8 Å². The molecule has 1 amide bonds. The molecule has 0 saturated heterocycles. The standard InChI is InChI=1S/C22H17ClN4O3/c1-14-25-18-12-15(9-10-19(18)27(14)16-6-3-2-4-7-16)22(29)30-13-20(28)26-17-8-5-11-24-21(17)23/h2-12H,13H2,1H3,(H,26,28). The second kappa shape index (κ2) is 8.34. The molecule has 0 aliphatic rings. The Bertz CT molecular complexity index is 1240. The molecule has 0 aliphatic carbocycles. The van der Waals surface area contributed by atoms with Crippen molar-refractivity contribution >= 4 is 40.2 Å². The molecular weight excluding hydrogens is 404 g/mol. The summed E-state index contributed by atoms with van der Waals surface area (Å²) in [5.41, 5.74) is 3.19. The number of rotatable bonds is 5. The van der Waals surface area contributed by atoms with Gasteiger partial charge in [-0.2, -0.15) is 0 Å². The summed E-state index contributed by atoms with van der Waals surface area (Å²) in [4.78, 5) is 32.8. The molecule has 0 unspecified atom stereocenters. The van der Waals surface area contributed by atoms with Gasteiger partial charge in [-0.3, -0.25) is 9.36 Å². The number of pyridine rings is 1. The molecule has 4 aromatic rings. The first-order chi connectivity index (χ1) is 14.5. The lowest BCUT2D eigenvalue weighted by atomic mass is 10.2. The predicted octanol–water partition coefficient (Wildman–Crippen LogP) is 4.18. The first-order valence-corrected chi connectivity index (χ1v) is 9.53. The number of anilines is 1. The number of hydrogen-bond acceptors (Lipinski definition) is 5. The number of para-hydroxylation sites is 1. The lowest BCUT2D eigenvalue weighted by Crippen LogP contribution is -2.21. The number of benzene rings is 2. The molecule has 4 rings (SSSR count). The fourth-order valence-electron chi connectivity index (χ4n) is 3.11. The summed E-state index contributed by atoms with van der Waals surface area (Å²) >= 11 is 5.90. The Morgan fingerprint density at radius 2 is 1.90 bits per heavy atom. The summed E-state index contributed by atoms with van der Waals surface area (Å²) in [7, 11) is 0. The summed E-state index contributed by atoms with van der Waals surface area (Å²) in [5.74, 6) is -0.325. The summed E-state index contributed by atoms with van der Waals surface area (Å²) in [5, 5.41) is 2.71. The monoisotopic (exact) mass is 420 g/mol. The molecule has 7 nitrogen and oxygen atoms in total. The fraction of sp³-hybridized carbons (Fsp3) is 0.0909. The van der Waals surface area contributed by atoms with Gasteiger partial charge in [0, 0.05) is 11.9 Å². The van der Waals surface area contributed by atoms with Crippen molar-refractivity contribution in [3.63, 3.8) is 0 Å². The van der Waals surface area contributed by atoms with Crippen LogP contribution in [0.15, 0.2) is 66.9 Å². The lowest BCUT2D eigenvalue weighted by molar-refractivity contribution is -0.119. The van der Waals surface area contributed by atoms with Crippen LogP contribution in [0.1, 0.15) is 16.2 Å². The Morgan fingerprint density at radius 1 is 1.10 bits per heavy atom. The van der Waals surface area contributed by atoms with Gasteiger partial charge in [-0.1, -0.05) is 29.8 Å². The summed E-state index contributed by atoms with van der Waals surface area (Å²) < 4.78 is 7.13. The van der Waals surface area contributed by atoms with Crippen LogP contribution in [0.3, 0.4) is 0 Å². The van der Waals surface area contributed by atoms with Gasteiger partial charge < -0.3 is 10.1 Å². The quantitative estimate of drug-likeness (QED) is 0.386. The van der Waals surface area contributed by atoms with E-state index in [9.17, 15) is 9.59 Å². The van der Waals surface area contributed by atoms with Crippen molar-refractivity contribution in [3.8, 4) is 5.69 Å². The molecule has 0 atom stereocenters. The Kier molecular flexibility index (Phi) is 5.45. The van der Waals surface area contributed by atoms with E-state index in [2.05, 4.69) is 15.3 Å². The van der Waals surface area contributed by atoms with Crippen molar-refractivity contribution in [2.45, 2.75) is 6.92 Å². The van der Waals surface area contributed by atoms with E-state index in [1.54, 1.807) is 24.3 Å². The molecule has 30 heavy (non-hydrogen) atoms. The fourth-order valence-corrected chi connectivity index (χ4v) is 3.28. The van der Waals surface area contributed by atoms with Crippen molar-refractivity contribution in [3.05, 3.63) is 83.4 Å². The third kappa shape index (κ3) is 4.01. The van der Waals surface area contributed by atoms with Crippen molar-refractivity contribution in [1.82, 2.24) is 14.5 Å². The summed E-state index contributed by atoms with van der Waals surface area (Å²) in [6.07, 6.45) is 1.51. The van der Waals surface area contributed by atoms with E-state index in [-0.39, 0.29) is 5.15 Å². The van der Waals surface area contributed by atoms with Crippen LogP contribution in [0.2, 0.25) is 5.15 Å². The second-order valence-electron chi connectivity index (χ2n) is 6.50. The highest BCUT2D eigenvalue weighted by molar-refractivity contribution is 6.32. The number of aromatic nitrogens is 3. The number of nitrogens with one attached hydrogen (secondary N) is 1. The van der Waals surface area contributed by atoms with Crippen molar-refractivity contribution < 1.29 is 14.3 Å². The number of carbonyl (C=O) groups excluding carboxylic acids is 2. The highest BCUT2D eigenvalue weighted by atomic mass is 35.5. The van der Waals surface area contributed by atoms with Crippen molar-refractivity contribution in [2.24, 2.45) is 0 Å². The topological polar surface area (TPSA) is 86.1 Å². The number of amides is 1. The zero-order valence-electron chi connectivity index (χ0n) is 16.0. The number of halogens is 1. The molecule has 2 aromatic carbocycles. The van der Waals surface area contributed by atoms with E-state index < -0.39 is 18.5 Å².